The molecule has 0 fully saturated rings. The van der Waals surface area contributed by atoms with Crippen LogP contribution in [-0.2, 0) is 0 Å². The molecular weight excluding hydrogens is 315 g/mol. The number of rotatable bonds is 6. The predicted octanol–water partition coefficient (Wildman–Crippen LogP) is 1.89. The molecule has 0 unspecified atom stereocenters. The first-order chi connectivity index (χ1) is 7.63. The van der Waals surface area contributed by atoms with Gasteiger partial charge in [-0.3, -0.25) is 0 Å². The Labute approximate surface area is 111 Å². The highest BCUT2D eigenvalue weighted by molar-refractivity contribution is 14.1. The SMILES string of the molecule is CC(C)CN(CCCN)c1ncc(I)cn1. The first kappa shape index (κ1) is 13.6. The summed E-state index contributed by atoms with van der Waals surface area (Å²) < 4.78 is 1.06. The highest BCUT2D eigenvalue weighted by atomic mass is 127. The molecule has 0 atom stereocenters. The van der Waals surface area contributed by atoms with Crippen molar-refractivity contribution >= 4 is 28.5 Å². The summed E-state index contributed by atoms with van der Waals surface area (Å²) in [6.07, 6.45) is 4.67. The van der Waals surface area contributed by atoms with Crippen LogP contribution in [0.3, 0.4) is 0 Å². The Morgan fingerprint density at radius 3 is 2.50 bits per heavy atom. The number of aromatic nitrogens is 2. The molecule has 0 aromatic carbocycles. The first-order valence-corrected chi connectivity index (χ1v) is 6.64. The van der Waals surface area contributed by atoms with Crippen molar-refractivity contribution < 1.29 is 0 Å². The van der Waals surface area contributed by atoms with Gasteiger partial charge in [-0.25, -0.2) is 9.97 Å². The van der Waals surface area contributed by atoms with E-state index in [0.717, 1.165) is 29.0 Å². The second-order valence-electron chi connectivity index (χ2n) is 4.18. The molecule has 0 aliphatic carbocycles. The standard InChI is InChI=1S/C11H19IN4/c1-9(2)8-16(5-3-4-13)11-14-6-10(12)7-15-11/h6-7,9H,3-5,8,13H2,1-2H3. The molecule has 1 rings (SSSR count). The molecule has 1 aromatic heterocycles. The minimum Gasteiger partial charge on any atom is -0.341 e. The molecule has 0 radical (unpaired) electrons. The Bertz CT molecular complexity index is 299. The van der Waals surface area contributed by atoms with E-state index in [2.05, 4.69) is 51.3 Å². The van der Waals surface area contributed by atoms with Crippen LogP contribution in [-0.4, -0.2) is 29.6 Å². The first-order valence-electron chi connectivity index (χ1n) is 5.56. The van der Waals surface area contributed by atoms with Crippen LogP contribution in [0.5, 0.6) is 0 Å². The van der Waals surface area contributed by atoms with Crippen molar-refractivity contribution in [2.45, 2.75) is 20.3 Å². The molecule has 0 aliphatic rings. The van der Waals surface area contributed by atoms with Crippen LogP contribution in [0.2, 0.25) is 0 Å². The molecule has 90 valence electrons. The number of halogens is 1. The van der Waals surface area contributed by atoms with E-state index in [1.54, 1.807) is 0 Å². The van der Waals surface area contributed by atoms with Gasteiger partial charge in [-0.15, -0.1) is 0 Å². The summed E-state index contributed by atoms with van der Waals surface area (Å²) in [6, 6.07) is 0. The molecule has 0 aliphatic heterocycles. The molecule has 0 amide bonds. The van der Waals surface area contributed by atoms with Crippen molar-refractivity contribution in [1.29, 1.82) is 0 Å². The Morgan fingerprint density at radius 1 is 1.38 bits per heavy atom. The summed E-state index contributed by atoms with van der Waals surface area (Å²) in [5.41, 5.74) is 5.54. The highest BCUT2D eigenvalue weighted by Crippen LogP contribution is 2.11. The Balaban J connectivity index is 2.70. The summed E-state index contributed by atoms with van der Waals surface area (Å²) in [4.78, 5) is 10.9. The predicted molar refractivity (Wildman–Crippen MR) is 75.5 cm³/mol. The average Bonchev–Trinajstić information content (AvgIpc) is 2.25. The molecule has 0 bridgehead atoms. The molecule has 2 N–H and O–H groups in total. The van der Waals surface area contributed by atoms with E-state index in [0.29, 0.717) is 12.5 Å². The van der Waals surface area contributed by atoms with Crippen molar-refractivity contribution in [2.24, 2.45) is 11.7 Å². The van der Waals surface area contributed by atoms with Crippen LogP contribution in [0, 0.1) is 9.49 Å². The van der Waals surface area contributed by atoms with Crippen molar-refractivity contribution in [2.75, 3.05) is 24.5 Å². The molecule has 1 aromatic rings. The second kappa shape index (κ2) is 7.01. The quantitative estimate of drug-likeness (QED) is 0.808. The van der Waals surface area contributed by atoms with Gasteiger partial charge in [0.05, 0.1) is 0 Å². The molecule has 1 heterocycles. The van der Waals surface area contributed by atoms with Gasteiger partial charge in [0.2, 0.25) is 5.95 Å². The van der Waals surface area contributed by atoms with E-state index in [-0.39, 0.29) is 0 Å². The number of anilines is 1. The number of nitrogens with zero attached hydrogens (tertiary/aromatic N) is 3. The zero-order chi connectivity index (χ0) is 12.0. The minimum atomic E-state index is 0.598. The minimum absolute atomic E-state index is 0.598. The molecule has 16 heavy (non-hydrogen) atoms. The maximum Gasteiger partial charge on any atom is 0.225 e. The van der Waals surface area contributed by atoms with Crippen LogP contribution >= 0.6 is 22.6 Å². The van der Waals surface area contributed by atoms with Crippen LogP contribution in [0.1, 0.15) is 20.3 Å². The van der Waals surface area contributed by atoms with E-state index in [9.17, 15) is 0 Å². The summed E-state index contributed by atoms with van der Waals surface area (Å²) in [6.45, 7) is 7.00. The Morgan fingerprint density at radius 2 is 2.00 bits per heavy atom. The third-order valence-electron chi connectivity index (χ3n) is 2.11. The fourth-order valence-corrected chi connectivity index (χ4v) is 1.74. The average molecular weight is 334 g/mol. The van der Waals surface area contributed by atoms with E-state index in [1.165, 1.54) is 0 Å². The molecule has 0 spiro atoms. The number of nitrogens with two attached hydrogens (primary N) is 1. The lowest BCUT2D eigenvalue weighted by molar-refractivity contribution is 0.591. The third-order valence-corrected chi connectivity index (χ3v) is 2.66. The lowest BCUT2D eigenvalue weighted by Crippen LogP contribution is -2.31. The van der Waals surface area contributed by atoms with Crippen LogP contribution < -0.4 is 10.6 Å². The summed E-state index contributed by atoms with van der Waals surface area (Å²) in [5.74, 6) is 1.41. The smallest absolute Gasteiger partial charge is 0.225 e. The van der Waals surface area contributed by atoms with Crippen molar-refractivity contribution in [3.8, 4) is 0 Å². The van der Waals surface area contributed by atoms with Gasteiger partial charge in [0.25, 0.3) is 0 Å². The van der Waals surface area contributed by atoms with Crippen molar-refractivity contribution in [3.63, 3.8) is 0 Å². The largest absolute Gasteiger partial charge is 0.341 e. The fraction of sp³-hybridized carbons (Fsp3) is 0.636. The normalized spacial score (nSPS) is 10.8. The number of hydrogen-bond donors (Lipinski definition) is 1. The Hall–Kier alpha value is -0.430. The van der Waals surface area contributed by atoms with Crippen LogP contribution in [0.4, 0.5) is 5.95 Å². The molecule has 5 heteroatoms. The molecule has 0 saturated carbocycles. The van der Waals surface area contributed by atoms with Gasteiger partial charge in [-0.05, 0) is 41.5 Å². The maximum atomic E-state index is 5.54. The summed E-state index contributed by atoms with van der Waals surface area (Å²) in [7, 11) is 0. The van der Waals surface area contributed by atoms with Gasteiger partial charge in [0.1, 0.15) is 0 Å². The third kappa shape index (κ3) is 4.61. The van der Waals surface area contributed by atoms with Gasteiger partial charge in [0, 0.05) is 29.1 Å². The summed E-state index contributed by atoms with van der Waals surface area (Å²) in [5, 5.41) is 0. The van der Waals surface area contributed by atoms with Gasteiger partial charge in [-0.2, -0.15) is 0 Å². The van der Waals surface area contributed by atoms with Gasteiger partial charge in [0.15, 0.2) is 0 Å². The number of hydrogen-bond acceptors (Lipinski definition) is 4. The lowest BCUT2D eigenvalue weighted by atomic mass is 10.2. The monoisotopic (exact) mass is 334 g/mol. The van der Waals surface area contributed by atoms with Gasteiger partial charge >= 0.3 is 0 Å². The van der Waals surface area contributed by atoms with E-state index in [1.807, 2.05) is 12.4 Å². The lowest BCUT2D eigenvalue weighted by Gasteiger charge is -2.24. The van der Waals surface area contributed by atoms with Gasteiger partial charge < -0.3 is 10.6 Å². The molecular formula is C11H19IN4. The van der Waals surface area contributed by atoms with Crippen LogP contribution in [0.15, 0.2) is 12.4 Å². The Kier molecular flexibility index (Phi) is 5.97. The van der Waals surface area contributed by atoms with Crippen LogP contribution in [0.25, 0.3) is 0 Å². The van der Waals surface area contributed by atoms with E-state index >= 15 is 0 Å². The molecule has 4 nitrogen and oxygen atoms in total. The van der Waals surface area contributed by atoms with Crippen molar-refractivity contribution in [1.82, 2.24) is 9.97 Å². The second-order valence-corrected chi connectivity index (χ2v) is 5.43. The highest BCUT2D eigenvalue weighted by Gasteiger charge is 2.10. The zero-order valence-electron chi connectivity index (χ0n) is 9.86. The van der Waals surface area contributed by atoms with Crippen molar-refractivity contribution in [3.05, 3.63) is 16.0 Å². The fourth-order valence-electron chi connectivity index (χ4n) is 1.46. The zero-order valence-corrected chi connectivity index (χ0v) is 12.0. The van der Waals surface area contributed by atoms with E-state index in [4.69, 9.17) is 5.73 Å². The van der Waals surface area contributed by atoms with Gasteiger partial charge in [-0.1, -0.05) is 13.8 Å². The van der Waals surface area contributed by atoms with E-state index < -0.39 is 0 Å². The maximum absolute atomic E-state index is 5.54. The summed E-state index contributed by atoms with van der Waals surface area (Å²) >= 11 is 2.21. The molecule has 0 saturated heterocycles. The topological polar surface area (TPSA) is 55.0 Å².